The number of hydrogen-bond donors (Lipinski definition) is 0. The van der Waals surface area contributed by atoms with Gasteiger partial charge < -0.3 is 9.64 Å². The highest BCUT2D eigenvalue weighted by Crippen LogP contribution is 2.32. The van der Waals surface area contributed by atoms with Crippen molar-refractivity contribution in [2.45, 2.75) is 0 Å². The molecule has 0 atom stereocenters. The average molecular weight is 354 g/mol. The maximum absolute atomic E-state index is 13.1. The van der Waals surface area contributed by atoms with Crippen molar-refractivity contribution in [1.82, 2.24) is 0 Å². The molecule has 3 aromatic rings. The van der Waals surface area contributed by atoms with E-state index in [1.54, 1.807) is 6.20 Å². The van der Waals surface area contributed by atoms with Gasteiger partial charge in [0.05, 0.1) is 24.3 Å². The second-order valence-corrected chi connectivity index (χ2v) is 6.47. The second kappa shape index (κ2) is 6.82. The van der Waals surface area contributed by atoms with Gasteiger partial charge in [-0.25, -0.2) is 4.98 Å². The number of carbonyl (C=O) groups is 1. The molecule has 0 saturated carbocycles. The third kappa shape index (κ3) is 3.11. The number of benzene rings is 2. The molecule has 4 nitrogen and oxygen atoms in total. The highest BCUT2D eigenvalue weighted by atomic mass is 35.5. The molecule has 1 fully saturated rings. The zero-order valence-corrected chi connectivity index (χ0v) is 14.4. The van der Waals surface area contributed by atoms with E-state index < -0.39 is 0 Å². The molecular weight excluding hydrogens is 336 g/mol. The first kappa shape index (κ1) is 16.1. The van der Waals surface area contributed by atoms with E-state index in [-0.39, 0.29) is 5.78 Å². The summed E-state index contributed by atoms with van der Waals surface area (Å²) in [4.78, 5) is 18.6. The van der Waals surface area contributed by atoms with Crippen molar-refractivity contribution in [3.8, 4) is 0 Å². The molecule has 0 radical (unpaired) electrons. The van der Waals surface area contributed by atoms with Crippen LogP contribution in [0.4, 0.5) is 5.69 Å². The summed E-state index contributed by atoms with van der Waals surface area (Å²) < 4.78 is 5.48. The number of ether oxygens (including phenoxy) is 1. The molecule has 2 heterocycles. The summed E-state index contributed by atoms with van der Waals surface area (Å²) in [5.41, 5.74) is 3.21. The highest BCUT2D eigenvalue weighted by Gasteiger charge is 2.25. The zero-order chi connectivity index (χ0) is 17.2. The Balaban J connectivity index is 1.92. The maximum Gasteiger partial charge on any atom is 0.213 e. The van der Waals surface area contributed by atoms with Crippen molar-refractivity contribution in [2.75, 3.05) is 31.2 Å². The number of rotatable bonds is 3. The van der Waals surface area contributed by atoms with Gasteiger partial charge in [-0.2, -0.15) is 0 Å². The van der Waals surface area contributed by atoms with Gasteiger partial charge in [0.2, 0.25) is 11.3 Å². The predicted octanol–water partition coefficient (Wildman–Crippen LogP) is 3.37. The monoisotopic (exact) mass is 353 g/mol. The van der Waals surface area contributed by atoms with Crippen molar-refractivity contribution in [3.63, 3.8) is 0 Å². The van der Waals surface area contributed by atoms with E-state index in [1.807, 2.05) is 48.5 Å². The molecule has 0 unspecified atom stereocenters. The van der Waals surface area contributed by atoms with Gasteiger partial charge >= 0.3 is 0 Å². The summed E-state index contributed by atoms with van der Waals surface area (Å²) in [5.74, 6) is 0.000201. The molecule has 5 heteroatoms. The number of nitrogens with one attached hydrogen (secondary N) is 1. The molecule has 1 saturated heterocycles. The number of morpholine rings is 1. The topological polar surface area (TPSA) is 43.7 Å². The number of pyridine rings is 1. The Morgan fingerprint density at radius 2 is 1.84 bits per heavy atom. The Morgan fingerprint density at radius 1 is 1.08 bits per heavy atom. The lowest BCUT2D eigenvalue weighted by molar-refractivity contribution is -0.344. The molecule has 1 aliphatic rings. The largest absolute Gasteiger partial charge is 0.378 e. The minimum atomic E-state index is 0.000201. The Hall–Kier alpha value is -2.43. The summed E-state index contributed by atoms with van der Waals surface area (Å²) in [6.45, 7) is 2.81. The number of halogens is 1. The number of H-pyrrole nitrogens is 1. The van der Waals surface area contributed by atoms with Gasteiger partial charge in [-0.3, -0.25) is 4.79 Å². The predicted molar refractivity (Wildman–Crippen MR) is 98.4 cm³/mol. The fraction of sp³-hybridized carbons (Fsp3) is 0.200. The molecule has 1 aliphatic heterocycles. The van der Waals surface area contributed by atoms with Gasteiger partial charge in [0.25, 0.3) is 0 Å². The van der Waals surface area contributed by atoms with Crippen LogP contribution >= 0.6 is 11.6 Å². The van der Waals surface area contributed by atoms with Crippen LogP contribution in [-0.2, 0) is 4.74 Å². The second-order valence-electron chi connectivity index (χ2n) is 6.04. The third-order valence-electron chi connectivity index (χ3n) is 4.47. The van der Waals surface area contributed by atoms with Crippen LogP contribution in [0.3, 0.4) is 0 Å². The van der Waals surface area contributed by atoms with Gasteiger partial charge in [0, 0.05) is 29.7 Å². The lowest BCUT2D eigenvalue weighted by atomic mass is 9.99. The molecule has 0 amide bonds. The third-order valence-corrected chi connectivity index (χ3v) is 4.71. The Bertz CT molecular complexity index is 922. The van der Waals surface area contributed by atoms with E-state index in [1.165, 1.54) is 0 Å². The van der Waals surface area contributed by atoms with Gasteiger partial charge in [-0.15, -0.1) is 0 Å². The van der Waals surface area contributed by atoms with Crippen molar-refractivity contribution in [3.05, 3.63) is 70.9 Å². The van der Waals surface area contributed by atoms with Crippen LogP contribution in [0.5, 0.6) is 0 Å². The number of carbonyl (C=O) groups excluding carboxylic acids is 1. The first-order valence-corrected chi connectivity index (χ1v) is 8.68. The summed E-state index contributed by atoms with van der Waals surface area (Å²) in [5, 5.41) is 1.61. The summed E-state index contributed by atoms with van der Waals surface area (Å²) >= 11 is 6.24. The number of aromatic nitrogens is 1. The first-order valence-electron chi connectivity index (χ1n) is 8.30. The molecule has 0 bridgehead atoms. The molecule has 1 N–H and O–H groups in total. The van der Waals surface area contributed by atoms with Gasteiger partial charge in [0.1, 0.15) is 5.56 Å². The van der Waals surface area contributed by atoms with Gasteiger partial charge in [-0.1, -0.05) is 41.9 Å². The van der Waals surface area contributed by atoms with E-state index in [2.05, 4.69) is 9.88 Å². The number of anilines is 1. The molecule has 25 heavy (non-hydrogen) atoms. The van der Waals surface area contributed by atoms with Crippen LogP contribution in [0, 0.1) is 0 Å². The normalized spacial score (nSPS) is 14.7. The standard InChI is InChI=1S/C20H17ClN2O2/c21-15-6-7-18-16(12-15)19(23-8-10-25-11-9-23)17(13-22-18)20(24)14-4-2-1-3-5-14/h1-7,12-13H,8-11H2/p+1. The number of aromatic amines is 1. The van der Waals surface area contributed by atoms with Crippen LogP contribution in [0.2, 0.25) is 5.02 Å². The van der Waals surface area contributed by atoms with E-state index >= 15 is 0 Å². The minimum absolute atomic E-state index is 0.000201. The van der Waals surface area contributed by atoms with E-state index in [4.69, 9.17) is 16.3 Å². The lowest BCUT2D eigenvalue weighted by Crippen LogP contribution is -2.37. The Morgan fingerprint density at radius 3 is 2.60 bits per heavy atom. The minimum Gasteiger partial charge on any atom is -0.378 e. The van der Waals surface area contributed by atoms with Crippen molar-refractivity contribution in [2.24, 2.45) is 0 Å². The summed E-state index contributed by atoms with van der Waals surface area (Å²) in [7, 11) is 0. The van der Waals surface area contributed by atoms with E-state index in [0.29, 0.717) is 29.4 Å². The Labute approximate surface area is 151 Å². The molecule has 2 aromatic carbocycles. The average Bonchev–Trinajstić information content (AvgIpc) is 2.68. The van der Waals surface area contributed by atoms with Crippen molar-refractivity contribution >= 4 is 34.0 Å². The van der Waals surface area contributed by atoms with Crippen LogP contribution in [0.25, 0.3) is 10.9 Å². The van der Waals surface area contributed by atoms with Crippen LogP contribution < -0.4 is 9.88 Å². The highest BCUT2D eigenvalue weighted by molar-refractivity contribution is 6.31. The number of nitrogens with zero attached hydrogens (tertiary/aromatic N) is 1. The van der Waals surface area contributed by atoms with Crippen LogP contribution in [-0.4, -0.2) is 32.1 Å². The number of fused-ring (bicyclic) bond motifs is 1. The zero-order valence-electron chi connectivity index (χ0n) is 13.7. The van der Waals surface area contributed by atoms with Crippen LogP contribution in [0.15, 0.2) is 54.7 Å². The molecule has 1 aromatic heterocycles. The fourth-order valence-corrected chi connectivity index (χ4v) is 3.42. The fourth-order valence-electron chi connectivity index (χ4n) is 3.25. The first-order chi connectivity index (χ1) is 12.2. The number of hydrogen-bond acceptors (Lipinski definition) is 3. The van der Waals surface area contributed by atoms with E-state index in [0.717, 1.165) is 29.7 Å². The molecule has 0 spiro atoms. The van der Waals surface area contributed by atoms with Gasteiger partial charge in [-0.05, 0) is 12.1 Å². The van der Waals surface area contributed by atoms with Crippen LogP contribution in [0.1, 0.15) is 15.9 Å². The Kier molecular flexibility index (Phi) is 4.38. The smallest absolute Gasteiger partial charge is 0.213 e. The summed E-state index contributed by atoms with van der Waals surface area (Å²) in [6.07, 6.45) is 1.80. The molecule has 126 valence electrons. The maximum atomic E-state index is 13.1. The molecular formula is C20H18ClN2O2+. The SMILES string of the molecule is O=C(c1ccccc1)c1c[nH+]c2ccc(Cl)cc2c1N1CCOCC1. The van der Waals surface area contributed by atoms with Crippen molar-refractivity contribution in [1.29, 1.82) is 0 Å². The number of ketones is 1. The lowest BCUT2D eigenvalue weighted by Gasteiger charge is -2.30. The molecule has 4 rings (SSSR count). The quantitative estimate of drug-likeness (QED) is 0.678. The van der Waals surface area contributed by atoms with Crippen molar-refractivity contribution < 1.29 is 14.5 Å². The summed E-state index contributed by atoms with van der Waals surface area (Å²) in [6, 6.07) is 15.1. The van der Waals surface area contributed by atoms with Gasteiger partial charge in [0.15, 0.2) is 6.20 Å². The van der Waals surface area contributed by atoms with E-state index in [9.17, 15) is 4.79 Å². The molecule has 0 aliphatic carbocycles.